The molecule has 2 N–H and O–H groups in total. The van der Waals surface area contributed by atoms with Crippen molar-refractivity contribution in [3.8, 4) is 0 Å². The summed E-state index contributed by atoms with van der Waals surface area (Å²) >= 11 is 6.12. The van der Waals surface area contributed by atoms with Crippen LogP contribution in [0, 0.1) is 6.92 Å². The Morgan fingerprint density at radius 1 is 1.22 bits per heavy atom. The Bertz CT molecular complexity index is 1010. The molecule has 2 aromatic heterocycles. The fourth-order valence-corrected chi connectivity index (χ4v) is 4.24. The van der Waals surface area contributed by atoms with Crippen molar-refractivity contribution in [3.05, 3.63) is 59.0 Å². The molecule has 0 saturated carbocycles. The Labute approximate surface area is 169 Å². The van der Waals surface area contributed by atoms with E-state index in [1.165, 1.54) is 21.2 Å². The van der Waals surface area contributed by atoms with Crippen molar-refractivity contribution in [2.24, 2.45) is 5.73 Å². The Morgan fingerprint density at radius 2 is 1.93 bits per heavy atom. The zero-order chi connectivity index (χ0) is 18.7. The normalized spacial score (nSPS) is 11.7. The van der Waals surface area contributed by atoms with Crippen LogP contribution >= 0.6 is 24.0 Å². The molecule has 146 valence electrons. The Kier molecular flexibility index (Phi) is 7.19. The Hall–Kier alpha value is -1.71. The highest BCUT2D eigenvalue weighted by atomic mass is 35.5. The molecule has 10 heteroatoms. The van der Waals surface area contributed by atoms with E-state index in [1.807, 2.05) is 30.3 Å². The summed E-state index contributed by atoms with van der Waals surface area (Å²) in [6, 6.07) is 9.72. The highest BCUT2D eigenvalue weighted by Gasteiger charge is 2.25. The SMILES string of the molecule is Cc1nn2cc(S(=O)(=O)N(CCN)CCc3ccccc3)cnc2c1Cl.Cl. The van der Waals surface area contributed by atoms with Crippen LogP contribution in [0.15, 0.2) is 47.6 Å². The lowest BCUT2D eigenvalue weighted by Gasteiger charge is -2.21. The Balaban J connectivity index is 0.00000261. The van der Waals surface area contributed by atoms with Crippen LogP contribution in [0.5, 0.6) is 0 Å². The van der Waals surface area contributed by atoms with E-state index in [-0.39, 0.29) is 30.4 Å². The average molecular weight is 430 g/mol. The zero-order valence-corrected chi connectivity index (χ0v) is 17.1. The van der Waals surface area contributed by atoms with Gasteiger partial charge in [0.2, 0.25) is 10.0 Å². The van der Waals surface area contributed by atoms with Gasteiger partial charge in [-0.05, 0) is 18.9 Å². The third-order valence-corrected chi connectivity index (χ3v) is 6.36. The molecule has 0 aliphatic heterocycles. The molecule has 0 fully saturated rings. The molecule has 0 atom stereocenters. The minimum absolute atomic E-state index is 0. The van der Waals surface area contributed by atoms with Crippen LogP contribution in [-0.4, -0.2) is 47.0 Å². The molecule has 1 aromatic carbocycles. The van der Waals surface area contributed by atoms with Crippen LogP contribution in [-0.2, 0) is 16.4 Å². The van der Waals surface area contributed by atoms with Gasteiger partial charge >= 0.3 is 0 Å². The second-order valence-electron chi connectivity index (χ2n) is 5.89. The van der Waals surface area contributed by atoms with Crippen LogP contribution in [0.1, 0.15) is 11.3 Å². The number of rotatable bonds is 7. The summed E-state index contributed by atoms with van der Waals surface area (Å²) in [5.41, 5.74) is 7.72. The molecule has 2 heterocycles. The zero-order valence-electron chi connectivity index (χ0n) is 14.7. The standard InChI is InChI=1S/C17H20ClN5O2S.ClH/c1-13-16(18)17-20-11-15(12-23(17)21-13)26(24,25)22(10-8-19)9-7-14-5-3-2-4-6-14;/h2-6,11-12H,7-10,19H2,1H3;1H. The van der Waals surface area contributed by atoms with E-state index < -0.39 is 10.0 Å². The van der Waals surface area contributed by atoms with Crippen LogP contribution in [0.25, 0.3) is 5.65 Å². The Morgan fingerprint density at radius 3 is 2.59 bits per heavy atom. The lowest BCUT2D eigenvalue weighted by molar-refractivity contribution is 0.421. The molecule has 0 unspecified atom stereocenters. The van der Waals surface area contributed by atoms with Crippen molar-refractivity contribution < 1.29 is 8.42 Å². The van der Waals surface area contributed by atoms with Gasteiger partial charge in [0.15, 0.2) is 5.65 Å². The van der Waals surface area contributed by atoms with E-state index >= 15 is 0 Å². The molecule has 0 saturated heterocycles. The molecule has 7 nitrogen and oxygen atoms in total. The van der Waals surface area contributed by atoms with Crippen molar-refractivity contribution >= 4 is 39.7 Å². The predicted molar refractivity (Wildman–Crippen MR) is 108 cm³/mol. The maximum absolute atomic E-state index is 13.0. The van der Waals surface area contributed by atoms with Crippen LogP contribution in [0.4, 0.5) is 0 Å². The van der Waals surface area contributed by atoms with Gasteiger partial charge in [-0.2, -0.15) is 9.40 Å². The number of nitrogens with two attached hydrogens (primary N) is 1. The summed E-state index contributed by atoms with van der Waals surface area (Å²) in [5.74, 6) is 0. The highest BCUT2D eigenvalue weighted by molar-refractivity contribution is 7.89. The molecule has 0 radical (unpaired) electrons. The predicted octanol–water partition coefficient (Wildman–Crippen LogP) is 2.31. The number of fused-ring (bicyclic) bond motifs is 1. The average Bonchev–Trinajstić information content (AvgIpc) is 2.93. The molecule has 3 aromatic rings. The van der Waals surface area contributed by atoms with Gasteiger partial charge in [0.25, 0.3) is 0 Å². The lowest BCUT2D eigenvalue weighted by Crippen LogP contribution is -2.37. The molecule has 27 heavy (non-hydrogen) atoms. The van der Waals surface area contributed by atoms with Gasteiger partial charge < -0.3 is 5.73 Å². The molecular formula is C17H21Cl2N5O2S. The number of benzene rings is 1. The summed E-state index contributed by atoms with van der Waals surface area (Å²) in [6.07, 6.45) is 3.34. The number of hydrogen-bond acceptors (Lipinski definition) is 5. The van der Waals surface area contributed by atoms with E-state index in [0.717, 1.165) is 5.56 Å². The smallest absolute Gasteiger partial charge is 0.246 e. The van der Waals surface area contributed by atoms with Gasteiger partial charge in [-0.1, -0.05) is 41.9 Å². The van der Waals surface area contributed by atoms with Gasteiger partial charge in [0.05, 0.1) is 18.1 Å². The number of aryl methyl sites for hydroxylation is 1. The second kappa shape index (κ2) is 8.99. The van der Waals surface area contributed by atoms with Gasteiger partial charge in [0, 0.05) is 19.6 Å². The van der Waals surface area contributed by atoms with Crippen molar-refractivity contribution in [1.82, 2.24) is 18.9 Å². The van der Waals surface area contributed by atoms with Gasteiger partial charge in [0.1, 0.15) is 9.92 Å². The van der Waals surface area contributed by atoms with E-state index in [2.05, 4.69) is 10.1 Å². The van der Waals surface area contributed by atoms with Crippen LogP contribution < -0.4 is 5.73 Å². The number of sulfonamides is 1. The van der Waals surface area contributed by atoms with Gasteiger partial charge in [-0.3, -0.25) is 0 Å². The quantitative estimate of drug-likeness (QED) is 0.621. The van der Waals surface area contributed by atoms with Crippen molar-refractivity contribution in [3.63, 3.8) is 0 Å². The summed E-state index contributed by atoms with van der Waals surface area (Å²) in [6.45, 7) is 2.54. The van der Waals surface area contributed by atoms with Crippen molar-refractivity contribution in [1.29, 1.82) is 0 Å². The maximum atomic E-state index is 13.0. The number of nitrogens with zero attached hydrogens (tertiary/aromatic N) is 4. The molecule has 0 aliphatic rings. The van der Waals surface area contributed by atoms with E-state index in [0.29, 0.717) is 29.3 Å². The lowest BCUT2D eigenvalue weighted by atomic mass is 10.1. The van der Waals surface area contributed by atoms with Gasteiger partial charge in [-0.25, -0.2) is 17.9 Å². The molecular weight excluding hydrogens is 409 g/mol. The summed E-state index contributed by atoms with van der Waals surface area (Å²) in [5, 5.41) is 4.61. The third kappa shape index (κ3) is 4.59. The maximum Gasteiger partial charge on any atom is 0.246 e. The first kappa shape index (κ1) is 21.6. The minimum Gasteiger partial charge on any atom is -0.329 e. The summed E-state index contributed by atoms with van der Waals surface area (Å²) in [4.78, 5) is 4.22. The summed E-state index contributed by atoms with van der Waals surface area (Å²) < 4.78 is 28.8. The number of hydrogen-bond donors (Lipinski definition) is 1. The van der Waals surface area contributed by atoms with Gasteiger partial charge in [-0.15, -0.1) is 12.4 Å². The van der Waals surface area contributed by atoms with Crippen molar-refractivity contribution in [2.75, 3.05) is 19.6 Å². The first-order valence-corrected chi connectivity index (χ1v) is 10.00. The van der Waals surface area contributed by atoms with Crippen LogP contribution in [0.3, 0.4) is 0 Å². The molecule has 0 spiro atoms. The fraction of sp³-hybridized carbons (Fsp3) is 0.294. The largest absolute Gasteiger partial charge is 0.329 e. The number of halogens is 2. The second-order valence-corrected chi connectivity index (χ2v) is 8.20. The molecule has 0 bridgehead atoms. The first-order chi connectivity index (χ1) is 12.4. The number of aromatic nitrogens is 3. The molecule has 0 amide bonds. The van der Waals surface area contributed by atoms with E-state index in [4.69, 9.17) is 17.3 Å². The van der Waals surface area contributed by atoms with E-state index in [1.54, 1.807) is 6.92 Å². The van der Waals surface area contributed by atoms with Crippen LogP contribution in [0.2, 0.25) is 5.02 Å². The van der Waals surface area contributed by atoms with E-state index in [9.17, 15) is 8.42 Å². The highest BCUT2D eigenvalue weighted by Crippen LogP contribution is 2.22. The summed E-state index contributed by atoms with van der Waals surface area (Å²) in [7, 11) is -3.74. The first-order valence-electron chi connectivity index (χ1n) is 8.18. The third-order valence-electron chi connectivity index (χ3n) is 4.06. The minimum atomic E-state index is -3.74. The topological polar surface area (TPSA) is 93.6 Å². The fourth-order valence-electron chi connectivity index (χ4n) is 2.68. The molecule has 0 aliphatic carbocycles. The molecule has 3 rings (SSSR count). The monoisotopic (exact) mass is 429 g/mol. The van der Waals surface area contributed by atoms with Crippen molar-refractivity contribution in [2.45, 2.75) is 18.2 Å².